The highest BCUT2D eigenvalue weighted by atomic mass is 19.4. The van der Waals surface area contributed by atoms with Crippen LogP contribution in [0.5, 0.6) is 0 Å². The molecule has 0 aromatic heterocycles. The van der Waals surface area contributed by atoms with E-state index in [1.54, 1.807) is 13.0 Å². The lowest BCUT2D eigenvalue weighted by atomic mass is 9.78. The number of rotatable bonds is 1. The molecule has 0 aliphatic heterocycles. The molecule has 0 saturated heterocycles. The third-order valence-electron chi connectivity index (χ3n) is 3.48. The normalized spacial score (nSPS) is 19.2. The van der Waals surface area contributed by atoms with Gasteiger partial charge < -0.3 is 0 Å². The average molecular weight is 270 g/mol. The van der Waals surface area contributed by atoms with Crippen LogP contribution in [0.15, 0.2) is 12.1 Å². The summed E-state index contributed by atoms with van der Waals surface area (Å²) in [6.45, 7) is 3.60. The standard InChI is InChI=1S/C14H13F3O2/c1-7-5-8(2)9-3-4-10(12(18)11(9)6-7)13(19)14(15,16)17/h5-6,10H,3-4H2,1-2H3. The summed E-state index contributed by atoms with van der Waals surface area (Å²) < 4.78 is 37.3. The minimum Gasteiger partial charge on any atom is -0.293 e. The number of benzene rings is 1. The van der Waals surface area contributed by atoms with Crippen LogP contribution in [-0.4, -0.2) is 17.7 Å². The second kappa shape index (κ2) is 4.47. The van der Waals surface area contributed by atoms with E-state index in [-0.39, 0.29) is 12.0 Å². The first-order valence-electron chi connectivity index (χ1n) is 5.97. The SMILES string of the molecule is Cc1cc(C)c2c(c1)C(=O)C(C(=O)C(F)(F)F)CC2. The van der Waals surface area contributed by atoms with Crippen LogP contribution in [0.4, 0.5) is 13.2 Å². The number of fused-ring (bicyclic) bond motifs is 1. The van der Waals surface area contributed by atoms with Crippen molar-refractivity contribution in [2.75, 3.05) is 0 Å². The third-order valence-corrected chi connectivity index (χ3v) is 3.48. The van der Waals surface area contributed by atoms with E-state index in [9.17, 15) is 22.8 Å². The van der Waals surface area contributed by atoms with E-state index < -0.39 is 23.7 Å². The van der Waals surface area contributed by atoms with Crippen LogP contribution in [0, 0.1) is 19.8 Å². The topological polar surface area (TPSA) is 34.1 Å². The van der Waals surface area contributed by atoms with Gasteiger partial charge in [0.25, 0.3) is 0 Å². The Morgan fingerprint density at radius 3 is 2.47 bits per heavy atom. The summed E-state index contributed by atoms with van der Waals surface area (Å²) >= 11 is 0. The van der Waals surface area contributed by atoms with E-state index >= 15 is 0 Å². The average Bonchev–Trinajstić information content (AvgIpc) is 2.28. The fourth-order valence-electron chi connectivity index (χ4n) is 2.60. The molecule has 1 aliphatic carbocycles. The molecule has 0 heterocycles. The van der Waals surface area contributed by atoms with Crippen LogP contribution >= 0.6 is 0 Å². The van der Waals surface area contributed by atoms with Gasteiger partial charge in [-0.3, -0.25) is 9.59 Å². The molecule has 0 amide bonds. The van der Waals surface area contributed by atoms with Crippen LogP contribution in [0.3, 0.4) is 0 Å². The Bertz CT molecular complexity index is 559. The quantitative estimate of drug-likeness (QED) is 0.734. The minimum absolute atomic E-state index is 0.0614. The zero-order valence-corrected chi connectivity index (χ0v) is 10.6. The number of aryl methyl sites for hydroxylation is 2. The van der Waals surface area contributed by atoms with E-state index in [1.807, 2.05) is 13.0 Å². The minimum atomic E-state index is -4.95. The van der Waals surface area contributed by atoms with Crippen LogP contribution in [0.25, 0.3) is 0 Å². The fourth-order valence-corrected chi connectivity index (χ4v) is 2.60. The van der Waals surface area contributed by atoms with Gasteiger partial charge in [-0.25, -0.2) is 0 Å². The van der Waals surface area contributed by atoms with Crippen LogP contribution < -0.4 is 0 Å². The maximum atomic E-state index is 12.4. The van der Waals surface area contributed by atoms with Gasteiger partial charge in [0.05, 0.1) is 5.92 Å². The molecule has 0 fully saturated rings. The molecular weight excluding hydrogens is 257 g/mol. The number of carbonyl (C=O) groups is 2. The third kappa shape index (κ3) is 2.41. The van der Waals surface area contributed by atoms with Crippen molar-refractivity contribution >= 4 is 11.6 Å². The second-order valence-corrected chi connectivity index (χ2v) is 4.93. The van der Waals surface area contributed by atoms with Crippen LogP contribution in [-0.2, 0) is 11.2 Å². The molecule has 1 aliphatic rings. The van der Waals surface area contributed by atoms with E-state index in [1.165, 1.54) is 0 Å². The number of hydrogen-bond acceptors (Lipinski definition) is 2. The second-order valence-electron chi connectivity index (χ2n) is 4.93. The monoisotopic (exact) mass is 270 g/mol. The van der Waals surface area contributed by atoms with E-state index in [0.29, 0.717) is 6.42 Å². The zero-order chi connectivity index (χ0) is 14.4. The predicted molar refractivity (Wildman–Crippen MR) is 63.1 cm³/mol. The molecule has 5 heteroatoms. The van der Waals surface area contributed by atoms with Gasteiger partial charge in [0.15, 0.2) is 5.78 Å². The van der Waals surface area contributed by atoms with Gasteiger partial charge in [-0.1, -0.05) is 11.6 Å². The molecule has 0 N–H and O–H groups in total. The summed E-state index contributed by atoms with van der Waals surface area (Å²) in [5, 5.41) is 0. The van der Waals surface area contributed by atoms with E-state index in [2.05, 4.69) is 0 Å². The maximum absolute atomic E-state index is 12.4. The Kier molecular flexibility index (Phi) is 3.24. The molecule has 2 rings (SSSR count). The number of alkyl halides is 3. The van der Waals surface area contributed by atoms with Crippen molar-refractivity contribution < 1.29 is 22.8 Å². The van der Waals surface area contributed by atoms with Crippen molar-refractivity contribution in [3.05, 3.63) is 34.4 Å². The molecule has 1 aromatic rings. The van der Waals surface area contributed by atoms with Gasteiger partial charge in [-0.05, 0) is 43.9 Å². The van der Waals surface area contributed by atoms with Crippen molar-refractivity contribution in [2.45, 2.75) is 32.9 Å². The Morgan fingerprint density at radius 2 is 1.89 bits per heavy atom. The Morgan fingerprint density at radius 1 is 1.26 bits per heavy atom. The molecule has 1 aromatic carbocycles. The molecular formula is C14H13F3O2. The molecule has 0 spiro atoms. The van der Waals surface area contributed by atoms with Gasteiger partial charge in [-0.2, -0.15) is 13.2 Å². The fraction of sp³-hybridized carbons (Fsp3) is 0.429. The number of hydrogen-bond donors (Lipinski definition) is 0. The summed E-state index contributed by atoms with van der Waals surface area (Å²) in [6.07, 6.45) is -4.68. The Hall–Kier alpha value is -1.65. The largest absolute Gasteiger partial charge is 0.450 e. The highest BCUT2D eigenvalue weighted by Gasteiger charge is 2.47. The van der Waals surface area contributed by atoms with Crippen molar-refractivity contribution in [1.82, 2.24) is 0 Å². The van der Waals surface area contributed by atoms with E-state index in [4.69, 9.17) is 0 Å². The number of ketones is 2. The van der Waals surface area contributed by atoms with Crippen LogP contribution in [0.2, 0.25) is 0 Å². The molecule has 1 atom stereocenters. The maximum Gasteiger partial charge on any atom is 0.450 e. The molecule has 2 nitrogen and oxygen atoms in total. The molecule has 0 radical (unpaired) electrons. The Balaban J connectivity index is 2.43. The summed E-state index contributed by atoms with van der Waals surface area (Å²) in [4.78, 5) is 23.4. The molecule has 102 valence electrons. The Labute approximate surface area is 108 Å². The predicted octanol–water partition coefficient (Wildman–Crippen LogP) is 3.18. The summed E-state index contributed by atoms with van der Waals surface area (Å²) in [6, 6.07) is 3.46. The summed E-state index contributed by atoms with van der Waals surface area (Å²) in [5.74, 6) is -4.20. The zero-order valence-electron chi connectivity index (χ0n) is 10.6. The van der Waals surface area contributed by atoms with Crippen LogP contribution in [0.1, 0.15) is 33.5 Å². The molecule has 0 bridgehead atoms. The van der Waals surface area contributed by atoms with Gasteiger partial charge in [0, 0.05) is 5.56 Å². The smallest absolute Gasteiger partial charge is 0.293 e. The highest BCUT2D eigenvalue weighted by Crippen LogP contribution is 2.33. The summed E-state index contributed by atoms with van der Waals surface area (Å²) in [7, 11) is 0. The van der Waals surface area contributed by atoms with Gasteiger partial charge in [0.1, 0.15) is 0 Å². The van der Waals surface area contributed by atoms with Gasteiger partial charge >= 0.3 is 6.18 Å². The summed E-state index contributed by atoms with van der Waals surface area (Å²) in [5.41, 5.74) is 2.74. The first kappa shape index (κ1) is 13.8. The van der Waals surface area contributed by atoms with Crippen molar-refractivity contribution in [3.63, 3.8) is 0 Å². The first-order valence-corrected chi connectivity index (χ1v) is 5.97. The van der Waals surface area contributed by atoms with Gasteiger partial charge in [0.2, 0.25) is 5.78 Å². The number of Topliss-reactive ketones (excluding diaryl/α,β-unsaturated/α-hetero) is 2. The lowest BCUT2D eigenvalue weighted by molar-refractivity contribution is -0.174. The van der Waals surface area contributed by atoms with Crippen molar-refractivity contribution in [3.8, 4) is 0 Å². The highest BCUT2D eigenvalue weighted by molar-refractivity contribution is 6.13. The lowest BCUT2D eigenvalue weighted by Crippen LogP contribution is -2.38. The van der Waals surface area contributed by atoms with Crippen molar-refractivity contribution in [2.24, 2.45) is 5.92 Å². The molecule has 1 unspecified atom stereocenters. The number of carbonyl (C=O) groups excluding carboxylic acids is 2. The number of halogens is 3. The molecule has 0 saturated carbocycles. The lowest BCUT2D eigenvalue weighted by Gasteiger charge is -2.24. The van der Waals surface area contributed by atoms with Crippen molar-refractivity contribution in [1.29, 1.82) is 0 Å². The first-order chi connectivity index (χ1) is 8.71. The van der Waals surface area contributed by atoms with E-state index in [0.717, 1.165) is 16.7 Å². The molecule has 19 heavy (non-hydrogen) atoms. The van der Waals surface area contributed by atoms with Gasteiger partial charge in [-0.15, -0.1) is 0 Å².